The first-order chi connectivity index (χ1) is 10.3. The van der Waals surface area contributed by atoms with Crippen LogP contribution in [0.4, 0.5) is 0 Å². The third-order valence-electron chi connectivity index (χ3n) is 4.05. The predicted octanol–water partition coefficient (Wildman–Crippen LogP) is 4.65. The van der Waals surface area contributed by atoms with Crippen molar-refractivity contribution in [3.05, 3.63) is 83.4 Å². The van der Waals surface area contributed by atoms with Gasteiger partial charge in [0.05, 0.1) is 0 Å². The molecule has 3 rings (SSSR count). The van der Waals surface area contributed by atoms with Crippen molar-refractivity contribution in [2.75, 3.05) is 7.05 Å². The van der Waals surface area contributed by atoms with Gasteiger partial charge in [0.1, 0.15) is 0 Å². The average Bonchev–Trinajstić information content (AvgIpc) is 2.52. The lowest BCUT2D eigenvalue weighted by atomic mass is 9.96. The summed E-state index contributed by atoms with van der Waals surface area (Å²) in [5, 5.41) is 6.05. The topological polar surface area (TPSA) is 12.0 Å². The first-order valence-corrected chi connectivity index (χ1v) is 7.48. The Balaban J connectivity index is 1.90. The zero-order chi connectivity index (χ0) is 14.7. The summed E-state index contributed by atoms with van der Waals surface area (Å²) in [6.45, 7) is 2.15. The summed E-state index contributed by atoms with van der Waals surface area (Å²) in [5.41, 5.74) is 4.04. The van der Waals surface area contributed by atoms with Gasteiger partial charge in [0.15, 0.2) is 0 Å². The lowest BCUT2D eigenvalue weighted by molar-refractivity contribution is 0.592. The van der Waals surface area contributed by atoms with E-state index in [1.807, 2.05) is 7.05 Å². The van der Waals surface area contributed by atoms with Crippen LogP contribution in [0.15, 0.2) is 66.7 Å². The Morgan fingerprint density at radius 3 is 2.43 bits per heavy atom. The lowest BCUT2D eigenvalue weighted by Crippen LogP contribution is -2.18. The third-order valence-corrected chi connectivity index (χ3v) is 4.05. The SMILES string of the molecule is CNC(Cc1cccc(C)c1)c1ccc2ccccc2c1. The van der Waals surface area contributed by atoms with Crippen LogP contribution in [-0.2, 0) is 6.42 Å². The first-order valence-electron chi connectivity index (χ1n) is 7.48. The maximum absolute atomic E-state index is 3.45. The molecule has 21 heavy (non-hydrogen) atoms. The zero-order valence-corrected chi connectivity index (χ0v) is 12.6. The Labute approximate surface area is 126 Å². The monoisotopic (exact) mass is 275 g/mol. The summed E-state index contributed by atoms with van der Waals surface area (Å²) in [7, 11) is 2.04. The van der Waals surface area contributed by atoms with Crippen molar-refractivity contribution in [3.63, 3.8) is 0 Å². The molecule has 1 nitrogen and oxygen atoms in total. The minimum Gasteiger partial charge on any atom is -0.313 e. The van der Waals surface area contributed by atoms with Crippen molar-refractivity contribution in [3.8, 4) is 0 Å². The van der Waals surface area contributed by atoms with Crippen molar-refractivity contribution in [1.29, 1.82) is 0 Å². The fourth-order valence-corrected chi connectivity index (χ4v) is 2.89. The summed E-state index contributed by atoms with van der Waals surface area (Å²) in [5.74, 6) is 0. The molecule has 1 N–H and O–H groups in total. The van der Waals surface area contributed by atoms with Crippen LogP contribution < -0.4 is 5.32 Å². The van der Waals surface area contributed by atoms with Gasteiger partial charge in [0.2, 0.25) is 0 Å². The maximum Gasteiger partial charge on any atom is 0.0358 e. The molecule has 106 valence electrons. The van der Waals surface area contributed by atoms with Gasteiger partial charge in [-0.05, 0) is 48.4 Å². The fraction of sp³-hybridized carbons (Fsp3) is 0.200. The molecule has 0 saturated heterocycles. The van der Waals surface area contributed by atoms with Gasteiger partial charge in [0, 0.05) is 6.04 Å². The number of hydrogen-bond donors (Lipinski definition) is 1. The fourth-order valence-electron chi connectivity index (χ4n) is 2.89. The van der Waals surface area contributed by atoms with Crippen LogP contribution in [-0.4, -0.2) is 7.05 Å². The first kappa shape index (κ1) is 13.8. The van der Waals surface area contributed by atoms with E-state index in [0.717, 1.165) is 6.42 Å². The van der Waals surface area contributed by atoms with E-state index in [2.05, 4.69) is 79.0 Å². The second-order valence-corrected chi connectivity index (χ2v) is 5.64. The highest BCUT2D eigenvalue weighted by Crippen LogP contribution is 2.23. The number of hydrogen-bond acceptors (Lipinski definition) is 1. The molecule has 0 radical (unpaired) electrons. The molecule has 0 aliphatic carbocycles. The van der Waals surface area contributed by atoms with Crippen LogP contribution in [0.2, 0.25) is 0 Å². The van der Waals surface area contributed by atoms with E-state index >= 15 is 0 Å². The molecule has 3 aromatic rings. The average molecular weight is 275 g/mol. The highest BCUT2D eigenvalue weighted by molar-refractivity contribution is 5.83. The summed E-state index contributed by atoms with van der Waals surface area (Å²) in [6, 6.07) is 24.4. The molecule has 0 fully saturated rings. The number of likely N-dealkylation sites (N-methyl/N-ethyl adjacent to an activating group) is 1. The molecule has 0 spiro atoms. The van der Waals surface area contributed by atoms with Crippen LogP contribution in [0.5, 0.6) is 0 Å². The van der Waals surface area contributed by atoms with E-state index in [1.165, 1.54) is 27.5 Å². The molecule has 3 aromatic carbocycles. The minimum atomic E-state index is 0.344. The second kappa shape index (κ2) is 6.11. The van der Waals surface area contributed by atoms with Crippen LogP contribution in [0, 0.1) is 6.92 Å². The molecule has 0 aromatic heterocycles. The van der Waals surface area contributed by atoms with Gasteiger partial charge in [-0.25, -0.2) is 0 Å². The number of fused-ring (bicyclic) bond motifs is 1. The highest BCUT2D eigenvalue weighted by atomic mass is 14.9. The largest absolute Gasteiger partial charge is 0.313 e. The molecule has 0 aliphatic rings. The van der Waals surface area contributed by atoms with E-state index in [9.17, 15) is 0 Å². The Morgan fingerprint density at radius 1 is 0.857 bits per heavy atom. The molecule has 1 unspecified atom stereocenters. The van der Waals surface area contributed by atoms with Gasteiger partial charge < -0.3 is 5.32 Å². The molecule has 0 bridgehead atoms. The number of aryl methyl sites for hydroxylation is 1. The predicted molar refractivity (Wildman–Crippen MR) is 90.6 cm³/mol. The molecular formula is C20H21N. The van der Waals surface area contributed by atoms with E-state index in [1.54, 1.807) is 0 Å². The van der Waals surface area contributed by atoms with Gasteiger partial charge in [0.25, 0.3) is 0 Å². The Kier molecular flexibility index (Phi) is 4.03. The van der Waals surface area contributed by atoms with Crippen molar-refractivity contribution < 1.29 is 0 Å². The molecule has 0 amide bonds. The normalized spacial score (nSPS) is 12.5. The van der Waals surface area contributed by atoms with E-state index in [0.29, 0.717) is 6.04 Å². The third kappa shape index (κ3) is 3.14. The van der Waals surface area contributed by atoms with Gasteiger partial charge in [-0.15, -0.1) is 0 Å². The molecule has 1 heteroatoms. The molecule has 1 atom stereocenters. The van der Waals surface area contributed by atoms with Crippen LogP contribution in [0.1, 0.15) is 22.7 Å². The standard InChI is InChI=1S/C20H21N/c1-15-6-5-7-16(12-15)13-20(21-2)19-11-10-17-8-3-4-9-18(17)14-19/h3-12,14,20-21H,13H2,1-2H3. The smallest absolute Gasteiger partial charge is 0.0358 e. The van der Waals surface area contributed by atoms with E-state index in [-0.39, 0.29) is 0 Å². The molecule has 0 saturated carbocycles. The van der Waals surface area contributed by atoms with Gasteiger partial charge in [-0.2, -0.15) is 0 Å². The Hall–Kier alpha value is -2.12. The highest BCUT2D eigenvalue weighted by Gasteiger charge is 2.10. The molecule has 0 heterocycles. The summed E-state index contributed by atoms with van der Waals surface area (Å²) < 4.78 is 0. The minimum absolute atomic E-state index is 0.344. The maximum atomic E-state index is 3.45. The van der Waals surface area contributed by atoms with E-state index in [4.69, 9.17) is 0 Å². The van der Waals surface area contributed by atoms with Gasteiger partial charge >= 0.3 is 0 Å². The Morgan fingerprint density at radius 2 is 1.67 bits per heavy atom. The molecule has 0 aliphatic heterocycles. The van der Waals surface area contributed by atoms with Crippen LogP contribution in [0.25, 0.3) is 10.8 Å². The second-order valence-electron chi connectivity index (χ2n) is 5.64. The number of benzene rings is 3. The van der Waals surface area contributed by atoms with Gasteiger partial charge in [-0.1, -0.05) is 66.2 Å². The molecular weight excluding hydrogens is 254 g/mol. The lowest BCUT2D eigenvalue weighted by Gasteiger charge is -2.18. The van der Waals surface area contributed by atoms with Crippen LogP contribution in [0.3, 0.4) is 0 Å². The van der Waals surface area contributed by atoms with E-state index < -0.39 is 0 Å². The van der Waals surface area contributed by atoms with Crippen molar-refractivity contribution >= 4 is 10.8 Å². The van der Waals surface area contributed by atoms with Crippen molar-refractivity contribution in [2.45, 2.75) is 19.4 Å². The zero-order valence-electron chi connectivity index (χ0n) is 12.6. The quantitative estimate of drug-likeness (QED) is 0.730. The Bertz CT molecular complexity index is 745. The van der Waals surface area contributed by atoms with Gasteiger partial charge in [-0.3, -0.25) is 0 Å². The summed E-state index contributed by atoms with van der Waals surface area (Å²) in [6.07, 6.45) is 1.01. The van der Waals surface area contributed by atoms with Crippen LogP contribution >= 0.6 is 0 Å². The van der Waals surface area contributed by atoms with Crippen molar-refractivity contribution in [1.82, 2.24) is 5.32 Å². The number of nitrogens with one attached hydrogen (secondary N) is 1. The summed E-state index contributed by atoms with van der Waals surface area (Å²) in [4.78, 5) is 0. The number of rotatable bonds is 4. The van der Waals surface area contributed by atoms with Crippen molar-refractivity contribution in [2.24, 2.45) is 0 Å². The summed E-state index contributed by atoms with van der Waals surface area (Å²) >= 11 is 0.